The van der Waals surface area contributed by atoms with Crippen LogP contribution in [0.4, 0.5) is 11.1 Å². The van der Waals surface area contributed by atoms with E-state index in [1.165, 1.54) is 11.3 Å². The second-order valence-corrected chi connectivity index (χ2v) is 4.81. The molecular weight excluding hydrogens is 262 g/mol. The summed E-state index contributed by atoms with van der Waals surface area (Å²) >= 11 is 1.38. The van der Waals surface area contributed by atoms with E-state index in [1.54, 1.807) is 6.20 Å². The van der Waals surface area contributed by atoms with Crippen LogP contribution in [0.5, 0.6) is 0 Å². The predicted molar refractivity (Wildman–Crippen MR) is 78.6 cm³/mol. The number of aromatic nitrogens is 3. The Labute approximate surface area is 115 Å². The van der Waals surface area contributed by atoms with Gasteiger partial charge in [0.1, 0.15) is 5.69 Å². The number of anilines is 1. The van der Waals surface area contributed by atoms with Crippen LogP contribution in [0.3, 0.4) is 0 Å². The first-order valence-corrected chi connectivity index (χ1v) is 6.91. The molecule has 0 unspecified atom stereocenters. The van der Waals surface area contributed by atoms with Crippen molar-refractivity contribution in [1.29, 1.82) is 0 Å². The fraction of sp³-hybridized carbons (Fsp3) is 0.364. The molecule has 2 aromatic heterocycles. The number of aliphatic imine (C=N–C) groups is 1. The third-order valence-corrected chi connectivity index (χ3v) is 3.13. The molecule has 0 bridgehead atoms. The summed E-state index contributed by atoms with van der Waals surface area (Å²) in [6, 6.07) is 0. The van der Waals surface area contributed by atoms with E-state index < -0.39 is 0 Å². The number of guanidine groups is 1. The molecule has 2 heterocycles. The summed E-state index contributed by atoms with van der Waals surface area (Å²) in [5, 5.41) is 5.63. The minimum Gasteiger partial charge on any atom is -0.370 e. The van der Waals surface area contributed by atoms with Gasteiger partial charge in [-0.2, -0.15) is 4.99 Å². The highest BCUT2D eigenvalue weighted by atomic mass is 32.1. The second-order valence-electron chi connectivity index (χ2n) is 3.98. The van der Waals surface area contributed by atoms with Crippen molar-refractivity contribution in [3.8, 4) is 11.4 Å². The quantitative estimate of drug-likeness (QED) is 0.364. The lowest BCUT2D eigenvalue weighted by Crippen LogP contribution is -2.21. The predicted octanol–water partition coefficient (Wildman–Crippen LogP) is 1.65. The van der Waals surface area contributed by atoms with Gasteiger partial charge in [0, 0.05) is 11.9 Å². The van der Waals surface area contributed by atoms with Gasteiger partial charge in [0.15, 0.2) is 5.96 Å². The van der Waals surface area contributed by atoms with Crippen molar-refractivity contribution in [2.24, 2.45) is 16.5 Å². The molecular formula is C11H17N7S. The minimum absolute atomic E-state index is 0.00688. The number of nitrogens with one attached hydrogen (secondary N) is 2. The summed E-state index contributed by atoms with van der Waals surface area (Å²) in [5.41, 5.74) is 12.2. The summed E-state index contributed by atoms with van der Waals surface area (Å²) in [6.45, 7) is 3.05. The summed E-state index contributed by atoms with van der Waals surface area (Å²) < 4.78 is 0. The first-order valence-electron chi connectivity index (χ1n) is 6.03. The van der Waals surface area contributed by atoms with Crippen LogP contribution in [0.15, 0.2) is 16.6 Å². The Balaban J connectivity index is 2.05. The average Bonchev–Trinajstić information content (AvgIpc) is 2.97. The molecule has 0 radical (unpaired) electrons. The second kappa shape index (κ2) is 6.19. The van der Waals surface area contributed by atoms with Gasteiger partial charge in [0.2, 0.25) is 11.1 Å². The Morgan fingerprint density at radius 3 is 3.11 bits per heavy atom. The molecule has 0 atom stereocenters. The van der Waals surface area contributed by atoms with Gasteiger partial charge in [-0.25, -0.2) is 9.97 Å². The van der Waals surface area contributed by atoms with Gasteiger partial charge in [0.25, 0.3) is 0 Å². The van der Waals surface area contributed by atoms with Crippen molar-refractivity contribution in [2.75, 3.05) is 11.9 Å². The van der Waals surface area contributed by atoms with Crippen molar-refractivity contribution in [1.82, 2.24) is 15.0 Å². The highest BCUT2D eigenvalue weighted by molar-refractivity contribution is 7.13. The highest BCUT2D eigenvalue weighted by Gasteiger charge is 2.07. The molecule has 19 heavy (non-hydrogen) atoms. The smallest absolute Gasteiger partial charge is 0.212 e. The van der Waals surface area contributed by atoms with Gasteiger partial charge >= 0.3 is 0 Å². The van der Waals surface area contributed by atoms with E-state index in [4.69, 9.17) is 11.5 Å². The summed E-state index contributed by atoms with van der Waals surface area (Å²) in [4.78, 5) is 15.6. The standard InChI is InChI=1S/C11H17N7S/c1-2-3-4-14-10-15-5-7(16-10)8-6-19-11(17-8)18-9(12)13/h5-6H,2-4H2,1H3,(H2,14,15,16)(H4,12,13,17,18). The maximum Gasteiger partial charge on any atom is 0.212 e. The van der Waals surface area contributed by atoms with E-state index in [-0.39, 0.29) is 5.96 Å². The number of unbranched alkanes of at least 4 members (excludes halogenated alkanes) is 1. The third-order valence-electron chi connectivity index (χ3n) is 2.39. The zero-order chi connectivity index (χ0) is 13.7. The van der Waals surface area contributed by atoms with E-state index in [0.717, 1.165) is 36.7 Å². The van der Waals surface area contributed by atoms with Crippen molar-refractivity contribution in [3.63, 3.8) is 0 Å². The Hall–Kier alpha value is -2.09. The Kier molecular flexibility index (Phi) is 4.35. The number of thiazole rings is 1. The molecule has 0 fully saturated rings. The van der Waals surface area contributed by atoms with Crippen LogP contribution in [0.1, 0.15) is 19.8 Å². The topological polar surface area (TPSA) is 118 Å². The maximum absolute atomic E-state index is 5.31. The van der Waals surface area contributed by atoms with E-state index in [9.17, 15) is 0 Å². The molecule has 0 aromatic carbocycles. The fourth-order valence-corrected chi connectivity index (χ4v) is 2.18. The van der Waals surface area contributed by atoms with Crippen LogP contribution in [0, 0.1) is 0 Å². The first-order chi connectivity index (χ1) is 9.19. The molecule has 102 valence electrons. The zero-order valence-electron chi connectivity index (χ0n) is 10.7. The van der Waals surface area contributed by atoms with Crippen LogP contribution in [0.2, 0.25) is 0 Å². The number of imidazole rings is 1. The number of rotatable bonds is 6. The van der Waals surface area contributed by atoms with Crippen LogP contribution in [-0.4, -0.2) is 27.5 Å². The van der Waals surface area contributed by atoms with Gasteiger partial charge in [-0.05, 0) is 6.42 Å². The zero-order valence-corrected chi connectivity index (χ0v) is 11.5. The maximum atomic E-state index is 5.31. The highest BCUT2D eigenvalue weighted by Crippen LogP contribution is 2.25. The SMILES string of the molecule is CCCCNc1ncc(-c2csc(N=C(N)N)n2)[nH]1. The van der Waals surface area contributed by atoms with Crippen LogP contribution in [-0.2, 0) is 0 Å². The van der Waals surface area contributed by atoms with Gasteiger partial charge < -0.3 is 21.8 Å². The molecule has 0 amide bonds. The van der Waals surface area contributed by atoms with Crippen LogP contribution >= 0.6 is 11.3 Å². The minimum atomic E-state index is 0.00688. The summed E-state index contributed by atoms with van der Waals surface area (Å²) in [6.07, 6.45) is 4.00. The number of nitrogens with zero attached hydrogens (tertiary/aromatic N) is 3. The number of nitrogens with two attached hydrogens (primary N) is 2. The molecule has 8 heteroatoms. The molecule has 0 aliphatic rings. The first kappa shape index (κ1) is 13.3. The average molecular weight is 279 g/mol. The number of aromatic amines is 1. The summed E-state index contributed by atoms with van der Waals surface area (Å²) in [5.74, 6) is 0.757. The van der Waals surface area contributed by atoms with E-state index in [2.05, 4.69) is 32.2 Å². The number of hydrogen-bond acceptors (Lipinski definition) is 5. The molecule has 2 aromatic rings. The fourth-order valence-electron chi connectivity index (χ4n) is 1.47. The lowest BCUT2D eigenvalue weighted by molar-refractivity contribution is 0.828. The Bertz CT molecular complexity index is 553. The third kappa shape index (κ3) is 3.68. The number of H-pyrrole nitrogens is 1. The van der Waals surface area contributed by atoms with E-state index in [1.807, 2.05) is 5.38 Å². The van der Waals surface area contributed by atoms with Crippen LogP contribution in [0.25, 0.3) is 11.4 Å². The van der Waals surface area contributed by atoms with Crippen molar-refractivity contribution < 1.29 is 0 Å². The van der Waals surface area contributed by atoms with E-state index in [0.29, 0.717) is 5.13 Å². The normalized spacial score (nSPS) is 10.4. The monoisotopic (exact) mass is 279 g/mol. The summed E-state index contributed by atoms with van der Waals surface area (Å²) in [7, 11) is 0. The molecule has 0 spiro atoms. The molecule has 0 saturated carbocycles. The Morgan fingerprint density at radius 2 is 2.37 bits per heavy atom. The molecule has 6 N–H and O–H groups in total. The van der Waals surface area contributed by atoms with Crippen molar-refractivity contribution >= 4 is 28.4 Å². The molecule has 2 rings (SSSR count). The van der Waals surface area contributed by atoms with Gasteiger partial charge in [-0.15, -0.1) is 11.3 Å². The molecule has 0 aliphatic carbocycles. The largest absolute Gasteiger partial charge is 0.370 e. The lowest BCUT2D eigenvalue weighted by Gasteiger charge is -1.99. The molecule has 0 saturated heterocycles. The van der Waals surface area contributed by atoms with Crippen LogP contribution < -0.4 is 16.8 Å². The Morgan fingerprint density at radius 1 is 1.53 bits per heavy atom. The molecule has 7 nitrogen and oxygen atoms in total. The molecule has 0 aliphatic heterocycles. The van der Waals surface area contributed by atoms with Crippen molar-refractivity contribution in [3.05, 3.63) is 11.6 Å². The lowest BCUT2D eigenvalue weighted by atomic mass is 10.3. The number of hydrogen-bond donors (Lipinski definition) is 4. The van der Waals surface area contributed by atoms with Crippen molar-refractivity contribution in [2.45, 2.75) is 19.8 Å². The van der Waals surface area contributed by atoms with Gasteiger partial charge in [-0.3, -0.25) is 0 Å². The van der Waals surface area contributed by atoms with E-state index >= 15 is 0 Å². The van der Waals surface area contributed by atoms with Gasteiger partial charge in [-0.1, -0.05) is 13.3 Å². The van der Waals surface area contributed by atoms with Gasteiger partial charge in [0.05, 0.1) is 11.9 Å².